The van der Waals surface area contributed by atoms with E-state index in [1.165, 1.54) is 6.07 Å². The molecule has 0 atom stereocenters. The Morgan fingerprint density at radius 2 is 1.78 bits per heavy atom. The van der Waals surface area contributed by atoms with Gasteiger partial charge in [-0.2, -0.15) is 0 Å². The zero-order valence-electron chi connectivity index (χ0n) is 9.42. The van der Waals surface area contributed by atoms with Crippen molar-refractivity contribution in [3.05, 3.63) is 59.4 Å². The molecule has 5 heteroatoms. The van der Waals surface area contributed by atoms with Crippen molar-refractivity contribution < 1.29 is 9.90 Å². The van der Waals surface area contributed by atoms with E-state index in [1.807, 2.05) is 0 Å². The van der Waals surface area contributed by atoms with Crippen LogP contribution in [-0.4, -0.2) is 21.8 Å². The van der Waals surface area contributed by atoms with Crippen LogP contribution >= 0.6 is 0 Å². The minimum Gasteiger partial charge on any atom is -0.478 e. The highest BCUT2D eigenvalue weighted by Gasteiger charge is 2.14. The average molecular weight is 241 g/mol. The number of rotatable bonds is 3. The fraction of sp³-hybridized carbons (Fsp3) is 0. The maximum absolute atomic E-state index is 11.0. The van der Waals surface area contributed by atoms with Crippen LogP contribution in [0.15, 0.2) is 42.7 Å². The van der Waals surface area contributed by atoms with Gasteiger partial charge in [0.05, 0.1) is 17.0 Å². The predicted octanol–water partition coefficient (Wildman–Crippen LogP) is 1.78. The summed E-state index contributed by atoms with van der Waals surface area (Å²) < 4.78 is 0. The van der Waals surface area contributed by atoms with Crippen LogP contribution < -0.4 is 5.73 Å². The second-order valence-electron chi connectivity index (χ2n) is 3.68. The largest absolute Gasteiger partial charge is 0.478 e. The van der Waals surface area contributed by atoms with Crippen LogP contribution in [0.1, 0.15) is 21.5 Å². The van der Waals surface area contributed by atoms with Gasteiger partial charge in [-0.3, -0.25) is 10.4 Å². The Morgan fingerprint density at radius 1 is 1.17 bits per heavy atom. The highest BCUT2D eigenvalue weighted by atomic mass is 16.4. The molecule has 5 nitrogen and oxygen atoms in total. The van der Waals surface area contributed by atoms with Crippen LogP contribution in [0.5, 0.6) is 0 Å². The highest BCUT2D eigenvalue weighted by molar-refractivity contribution is 6.15. The van der Waals surface area contributed by atoms with Crippen LogP contribution in [0, 0.1) is 5.41 Å². The number of nitrogens with one attached hydrogen (secondary N) is 1. The lowest BCUT2D eigenvalue weighted by molar-refractivity contribution is 0.0698. The monoisotopic (exact) mass is 241 g/mol. The van der Waals surface area contributed by atoms with Gasteiger partial charge in [0.15, 0.2) is 0 Å². The Labute approximate surface area is 103 Å². The van der Waals surface area contributed by atoms with Gasteiger partial charge in [0.1, 0.15) is 0 Å². The number of carboxylic acids is 1. The summed E-state index contributed by atoms with van der Waals surface area (Å²) in [7, 11) is 0. The number of hydrogen-bond donors (Lipinski definition) is 3. The Morgan fingerprint density at radius 3 is 2.39 bits per heavy atom. The number of nitrogens with two attached hydrogens (primary N) is 1. The number of aromatic nitrogens is 1. The zero-order chi connectivity index (χ0) is 13.1. The van der Waals surface area contributed by atoms with Crippen molar-refractivity contribution in [1.82, 2.24) is 4.98 Å². The van der Waals surface area contributed by atoms with E-state index in [4.69, 9.17) is 16.2 Å². The third kappa shape index (κ3) is 2.06. The molecule has 0 aliphatic heterocycles. The van der Waals surface area contributed by atoms with E-state index >= 15 is 0 Å². The molecule has 0 radical (unpaired) electrons. The zero-order valence-corrected chi connectivity index (χ0v) is 9.42. The molecule has 0 aliphatic carbocycles. The number of carbonyl (C=O) groups is 1. The van der Waals surface area contributed by atoms with Crippen LogP contribution in [-0.2, 0) is 0 Å². The summed E-state index contributed by atoms with van der Waals surface area (Å²) in [5.74, 6) is -1.10. The first-order chi connectivity index (χ1) is 8.61. The Kier molecular flexibility index (Phi) is 3.05. The fourth-order valence-corrected chi connectivity index (χ4v) is 1.64. The van der Waals surface area contributed by atoms with E-state index in [0.717, 1.165) is 0 Å². The summed E-state index contributed by atoms with van der Waals surface area (Å²) in [6, 6.07) is 7.97. The first kappa shape index (κ1) is 11.8. The van der Waals surface area contributed by atoms with Gasteiger partial charge in [0, 0.05) is 23.5 Å². The van der Waals surface area contributed by atoms with Gasteiger partial charge in [-0.25, -0.2) is 4.79 Å². The molecule has 0 saturated heterocycles. The van der Waals surface area contributed by atoms with Crippen molar-refractivity contribution in [2.24, 2.45) is 0 Å². The topological polar surface area (TPSA) is 100 Å². The van der Waals surface area contributed by atoms with Crippen LogP contribution in [0.4, 0.5) is 5.69 Å². The summed E-state index contributed by atoms with van der Waals surface area (Å²) in [6.07, 6.45) is 3.14. The Hall–Kier alpha value is -2.69. The third-order valence-electron chi connectivity index (χ3n) is 2.57. The van der Waals surface area contributed by atoms with Gasteiger partial charge in [-0.1, -0.05) is 12.1 Å². The molecule has 2 rings (SSSR count). The number of benzene rings is 1. The van der Waals surface area contributed by atoms with Gasteiger partial charge in [0.25, 0.3) is 0 Å². The normalized spacial score (nSPS) is 10.0. The van der Waals surface area contributed by atoms with Gasteiger partial charge in [-0.05, 0) is 18.2 Å². The van der Waals surface area contributed by atoms with Gasteiger partial charge < -0.3 is 10.8 Å². The number of aromatic carboxylic acids is 1. The number of nitrogens with zero attached hydrogens (tertiary/aromatic N) is 1. The predicted molar refractivity (Wildman–Crippen MR) is 68.0 cm³/mol. The van der Waals surface area contributed by atoms with Gasteiger partial charge in [-0.15, -0.1) is 0 Å². The van der Waals surface area contributed by atoms with E-state index in [9.17, 15) is 4.79 Å². The van der Waals surface area contributed by atoms with Crippen molar-refractivity contribution in [3.8, 4) is 0 Å². The lowest BCUT2D eigenvalue weighted by atomic mass is 9.99. The van der Waals surface area contributed by atoms with E-state index in [2.05, 4.69) is 4.98 Å². The summed E-state index contributed by atoms with van der Waals surface area (Å²) in [5, 5.41) is 17.0. The number of para-hydroxylation sites is 1. The molecule has 90 valence electrons. The second-order valence-corrected chi connectivity index (χ2v) is 3.68. The standard InChI is InChI=1S/C13H11N3O2/c14-11(8-4-6-16-7-5-8)9-2-1-3-10(12(9)15)13(17)18/h1-7,14H,15H2,(H,17,18). The van der Waals surface area contributed by atoms with E-state index in [1.54, 1.807) is 36.7 Å². The molecule has 18 heavy (non-hydrogen) atoms. The van der Waals surface area contributed by atoms with E-state index in [0.29, 0.717) is 11.1 Å². The van der Waals surface area contributed by atoms with Crippen molar-refractivity contribution in [3.63, 3.8) is 0 Å². The van der Waals surface area contributed by atoms with E-state index in [-0.39, 0.29) is 17.0 Å². The molecular formula is C13H11N3O2. The number of carboxylic acid groups (broad SMARTS) is 1. The van der Waals surface area contributed by atoms with Crippen molar-refractivity contribution in [1.29, 1.82) is 5.41 Å². The molecule has 0 spiro atoms. The molecule has 1 aromatic carbocycles. The SMILES string of the molecule is N=C(c1ccncc1)c1cccc(C(=O)O)c1N. The quantitative estimate of drug-likeness (QED) is 0.563. The molecule has 4 N–H and O–H groups in total. The van der Waals surface area contributed by atoms with Crippen molar-refractivity contribution >= 4 is 17.4 Å². The van der Waals surface area contributed by atoms with Crippen molar-refractivity contribution in [2.45, 2.75) is 0 Å². The smallest absolute Gasteiger partial charge is 0.337 e. The first-order valence-corrected chi connectivity index (χ1v) is 5.22. The lowest BCUT2D eigenvalue weighted by Crippen LogP contribution is -2.10. The maximum Gasteiger partial charge on any atom is 0.337 e. The molecule has 0 unspecified atom stereocenters. The molecule has 1 heterocycles. The number of hydrogen-bond acceptors (Lipinski definition) is 4. The summed E-state index contributed by atoms with van der Waals surface area (Å²) in [4.78, 5) is 14.8. The summed E-state index contributed by atoms with van der Waals surface area (Å²) in [5.41, 5.74) is 7.12. The van der Waals surface area contributed by atoms with Crippen LogP contribution in [0.25, 0.3) is 0 Å². The number of nitrogen functional groups attached to an aromatic ring is 1. The van der Waals surface area contributed by atoms with Crippen LogP contribution in [0.3, 0.4) is 0 Å². The molecule has 0 fully saturated rings. The van der Waals surface area contributed by atoms with Gasteiger partial charge in [0.2, 0.25) is 0 Å². The molecule has 0 amide bonds. The van der Waals surface area contributed by atoms with Crippen molar-refractivity contribution in [2.75, 3.05) is 5.73 Å². The highest BCUT2D eigenvalue weighted by Crippen LogP contribution is 2.20. The minimum atomic E-state index is -1.10. The third-order valence-corrected chi connectivity index (χ3v) is 2.57. The minimum absolute atomic E-state index is 0.00584. The Balaban J connectivity index is 2.50. The maximum atomic E-state index is 11.0. The molecule has 0 saturated carbocycles. The van der Waals surface area contributed by atoms with Crippen LogP contribution in [0.2, 0.25) is 0 Å². The van der Waals surface area contributed by atoms with E-state index < -0.39 is 5.97 Å². The summed E-state index contributed by atoms with van der Waals surface area (Å²) in [6.45, 7) is 0. The second kappa shape index (κ2) is 4.67. The lowest BCUT2D eigenvalue weighted by Gasteiger charge is -2.09. The first-order valence-electron chi connectivity index (χ1n) is 5.22. The Bertz CT molecular complexity index is 609. The molecule has 1 aromatic heterocycles. The molecule has 0 bridgehead atoms. The summed E-state index contributed by atoms with van der Waals surface area (Å²) >= 11 is 0. The molecule has 0 aliphatic rings. The molecule has 2 aromatic rings. The number of anilines is 1. The average Bonchev–Trinajstić information content (AvgIpc) is 2.39. The number of pyridine rings is 1. The van der Waals surface area contributed by atoms with Gasteiger partial charge >= 0.3 is 5.97 Å². The molecular weight excluding hydrogens is 230 g/mol. The fourth-order valence-electron chi connectivity index (χ4n) is 1.64.